The van der Waals surface area contributed by atoms with E-state index in [2.05, 4.69) is 20.9 Å². The first kappa shape index (κ1) is 11.5. The van der Waals surface area contributed by atoms with E-state index < -0.39 is 0 Å². The predicted octanol–water partition coefficient (Wildman–Crippen LogP) is 3.70. The largest absolute Gasteiger partial charge is 0.288 e. The van der Waals surface area contributed by atoms with Crippen LogP contribution in [0.1, 0.15) is 27.7 Å². The molecule has 2 rings (SSSR count). The normalized spacial score (nSPS) is 10.4. The molecule has 2 heterocycles. The Morgan fingerprint density at radius 1 is 1.50 bits per heavy atom. The van der Waals surface area contributed by atoms with Crippen LogP contribution in [0.2, 0.25) is 0 Å². The molecule has 0 N–H and O–H groups in total. The van der Waals surface area contributed by atoms with Crippen molar-refractivity contribution in [2.75, 3.05) is 0 Å². The van der Waals surface area contributed by atoms with Gasteiger partial charge in [0.05, 0.1) is 4.88 Å². The summed E-state index contributed by atoms with van der Waals surface area (Å²) in [5.41, 5.74) is 1.74. The summed E-state index contributed by atoms with van der Waals surface area (Å²) in [6.45, 7) is 2.03. The molecule has 0 aliphatic carbocycles. The number of ketones is 1. The summed E-state index contributed by atoms with van der Waals surface area (Å²) in [5, 5.41) is 1.91. The topological polar surface area (TPSA) is 30.0 Å². The fourth-order valence-electron chi connectivity index (χ4n) is 1.51. The lowest BCUT2D eigenvalue weighted by molar-refractivity contribution is 0.104. The lowest BCUT2D eigenvalue weighted by Crippen LogP contribution is -2.04. The number of rotatable bonds is 3. The number of thiophene rings is 1. The number of carbonyl (C=O) groups is 1. The van der Waals surface area contributed by atoms with E-state index in [1.165, 1.54) is 11.3 Å². The first-order valence-corrected chi connectivity index (χ1v) is 6.62. The molecule has 2 nitrogen and oxygen atoms in total. The van der Waals surface area contributed by atoms with E-state index >= 15 is 0 Å². The van der Waals surface area contributed by atoms with Crippen LogP contribution in [0.3, 0.4) is 0 Å². The van der Waals surface area contributed by atoms with Crippen molar-refractivity contribution in [2.24, 2.45) is 0 Å². The highest BCUT2D eigenvalue weighted by Gasteiger charge is 2.16. The Balaban J connectivity index is 2.46. The quantitative estimate of drug-likeness (QED) is 0.808. The molecular weight excluding hydrogens is 286 g/mol. The van der Waals surface area contributed by atoms with E-state index in [4.69, 9.17) is 0 Å². The Hall–Kier alpha value is -1.00. The van der Waals surface area contributed by atoms with Crippen molar-refractivity contribution in [3.63, 3.8) is 0 Å². The number of nitrogens with zero attached hydrogens (tertiary/aromatic N) is 1. The Morgan fingerprint density at radius 3 is 2.94 bits per heavy atom. The number of aromatic nitrogens is 1. The number of hydrogen-bond donors (Lipinski definition) is 0. The fraction of sp³-hybridized carbons (Fsp3) is 0.167. The molecular formula is C12H10BrNOS. The van der Waals surface area contributed by atoms with Crippen LogP contribution in [-0.2, 0) is 6.42 Å². The molecule has 2 aromatic rings. The molecule has 0 saturated carbocycles. The second kappa shape index (κ2) is 4.89. The molecule has 0 aromatic carbocycles. The third kappa shape index (κ3) is 2.08. The molecule has 4 heteroatoms. The predicted molar refractivity (Wildman–Crippen MR) is 69.1 cm³/mol. The van der Waals surface area contributed by atoms with E-state index in [0.717, 1.165) is 26.9 Å². The summed E-state index contributed by atoms with van der Waals surface area (Å²) in [4.78, 5) is 17.1. The van der Waals surface area contributed by atoms with Crippen molar-refractivity contribution in [3.05, 3.63) is 50.4 Å². The van der Waals surface area contributed by atoms with Crippen LogP contribution in [0.25, 0.3) is 0 Å². The van der Waals surface area contributed by atoms with Crippen molar-refractivity contribution in [1.29, 1.82) is 0 Å². The van der Waals surface area contributed by atoms with Gasteiger partial charge in [-0.05, 0) is 45.4 Å². The van der Waals surface area contributed by atoms with Crippen molar-refractivity contribution in [2.45, 2.75) is 13.3 Å². The third-order valence-corrected chi connectivity index (χ3v) is 4.19. The monoisotopic (exact) mass is 295 g/mol. The van der Waals surface area contributed by atoms with Gasteiger partial charge in [-0.1, -0.05) is 6.92 Å². The molecule has 0 aliphatic rings. The summed E-state index contributed by atoms with van der Waals surface area (Å²) in [6, 6.07) is 3.68. The fourth-order valence-corrected chi connectivity index (χ4v) is 3.01. The molecule has 0 aliphatic heterocycles. The number of hydrogen-bond acceptors (Lipinski definition) is 3. The highest BCUT2D eigenvalue weighted by Crippen LogP contribution is 2.26. The Kier molecular flexibility index (Phi) is 3.51. The number of halogens is 1. The summed E-state index contributed by atoms with van der Waals surface area (Å²) in [6.07, 6.45) is 4.24. The van der Waals surface area contributed by atoms with Crippen LogP contribution < -0.4 is 0 Å². The van der Waals surface area contributed by atoms with Gasteiger partial charge in [0.25, 0.3) is 0 Å². The average molecular weight is 296 g/mol. The van der Waals surface area contributed by atoms with Crippen LogP contribution >= 0.6 is 27.3 Å². The van der Waals surface area contributed by atoms with E-state index in [-0.39, 0.29) is 5.78 Å². The zero-order valence-corrected chi connectivity index (χ0v) is 11.1. The van der Waals surface area contributed by atoms with Gasteiger partial charge < -0.3 is 0 Å². The second-order valence-electron chi connectivity index (χ2n) is 3.31. The molecule has 2 aromatic heterocycles. The first-order chi connectivity index (χ1) is 7.74. The van der Waals surface area contributed by atoms with Crippen molar-refractivity contribution >= 4 is 33.0 Å². The minimum absolute atomic E-state index is 0.0705. The van der Waals surface area contributed by atoms with Gasteiger partial charge in [-0.2, -0.15) is 0 Å². The zero-order valence-electron chi connectivity index (χ0n) is 8.74. The molecule has 16 heavy (non-hydrogen) atoms. The van der Waals surface area contributed by atoms with Crippen LogP contribution in [-0.4, -0.2) is 10.8 Å². The highest BCUT2D eigenvalue weighted by molar-refractivity contribution is 9.10. The molecule has 0 radical (unpaired) electrons. The SMILES string of the molecule is CCc1cnccc1C(=O)c1sccc1Br. The first-order valence-electron chi connectivity index (χ1n) is 4.94. The minimum Gasteiger partial charge on any atom is -0.288 e. The van der Waals surface area contributed by atoms with E-state index in [1.807, 2.05) is 18.4 Å². The summed E-state index contributed by atoms with van der Waals surface area (Å²) >= 11 is 4.84. The Labute approximate surface area is 106 Å². The Bertz CT molecular complexity index is 521. The van der Waals surface area contributed by atoms with E-state index in [9.17, 15) is 4.79 Å². The molecule has 0 fully saturated rings. The molecule has 82 valence electrons. The van der Waals surface area contributed by atoms with E-state index in [0.29, 0.717) is 0 Å². The van der Waals surface area contributed by atoms with Crippen LogP contribution in [0.4, 0.5) is 0 Å². The van der Waals surface area contributed by atoms with E-state index in [1.54, 1.807) is 18.5 Å². The lowest BCUT2D eigenvalue weighted by Gasteiger charge is -2.04. The molecule has 0 amide bonds. The van der Waals surface area contributed by atoms with Crippen LogP contribution in [0, 0.1) is 0 Å². The van der Waals surface area contributed by atoms with Gasteiger partial charge in [0.2, 0.25) is 5.78 Å². The molecule has 0 unspecified atom stereocenters. The summed E-state index contributed by atoms with van der Waals surface area (Å²) in [7, 11) is 0. The highest BCUT2D eigenvalue weighted by atomic mass is 79.9. The number of pyridine rings is 1. The summed E-state index contributed by atoms with van der Waals surface area (Å²) < 4.78 is 0.862. The number of carbonyl (C=O) groups excluding carboxylic acids is 1. The maximum Gasteiger partial charge on any atom is 0.204 e. The van der Waals surface area contributed by atoms with Gasteiger partial charge in [0.1, 0.15) is 0 Å². The van der Waals surface area contributed by atoms with Gasteiger partial charge in [-0.3, -0.25) is 9.78 Å². The standard InChI is InChI=1S/C12H10BrNOS/c1-2-8-7-14-5-3-9(8)11(15)12-10(13)4-6-16-12/h3-7H,2H2,1H3. The van der Waals surface area contributed by atoms with Crippen LogP contribution in [0.15, 0.2) is 34.4 Å². The van der Waals surface area contributed by atoms with Crippen molar-refractivity contribution < 1.29 is 4.79 Å². The summed E-state index contributed by atoms with van der Waals surface area (Å²) in [5.74, 6) is 0.0705. The third-order valence-electron chi connectivity index (χ3n) is 2.35. The van der Waals surface area contributed by atoms with Gasteiger partial charge >= 0.3 is 0 Å². The van der Waals surface area contributed by atoms with Crippen LogP contribution in [0.5, 0.6) is 0 Å². The lowest BCUT2D eigenvalue weighted by atomic mass is 10.0. The van der Waals surface area contributed by atoms with Gasteiger partial charge in [0, 0.05) is 22.4 Å². The zero-order chi connectivity index (χ0) is 11.5. The Morgan fingerprint density at radius 2 is 2.31 bits per heavy atom. The molecule has 0 saturated heterocycles. The molecule has 0 bridgehead atoms. The second-order valence-corrected chi connectivity index (χ2v) is 5.08. The maximum atomic E-state index is 12.3. The van der Waals surface area contributed by atoms with Gasteiger partial charge in [-0.25, -0.2) is 0 Å². The van der Waals surface area contributed by atoms with Gasteiger partial charge in [-0.15, -0.1) is 11.3 Å². The van der Waals surface area contributed by atoms with Crippen molar-refractivity contribution in [1.82, 2.24) is 4.98 Å². The number of aryl methyl sites for hydroxylation is 1. The molecule has 0 atom stereocenters. The average Bonchev–Trinajstić information content (AvgIpc) is 2.74. The smallest absolute Gasteiger partial charge is 0.204 e. The van der Waals surface area contributed by atoms with Gasteiger partial charge in [0.15, 0.2) is 0 Å². The van der Waals surface area contributed by atoms with Crippen molar-refractivity contribution in [3.8, 4) is 0 Å². The molecule has 0 spiro atoms. The maximum absolute atomic E-state index is 12.3. The minimum atomic E-state index is 0.0705.